The molecule has 0 radical (unpaired) electrons. The summed E-state index contributed by atoms with van der Waals surface area (Å²) in [5, 5.41) is 3.27. The molecule has 20 heavy (non-hydrogen) atoms. The number of ether oxygens (including phenoxy) is 1. The molecule has 1 unspecified atom stereocenters. The fraction of sp³-hybridized carbons (Fsp3) is 0.438. The topological polar surface area (TPSA) is 48.1 Å². The van der Waals surface area contributed by atoms with Crippen LogP contribution in [0.5, 0.6) is 0 Å². The molecule has 4 heteroatoms. The molecular weight excluding hydrogens is 268 g/mol. The second-order valence-corrected chi connectivity index (χ2v) is 6.25. The van der Waals surface area contributed by atoms with Crippen molar-refractivity contribution in [3.05, 3.63) is 40.7 Å². The first kappa shape index (κ1) is 13.7. The van der Waals surface area contributed by atoms with Gasteiger partial charge in [0, 0.05) is 36.6 Å². The molecule has 1 aromatic carbocycles. The molecule has 1 aliphatic rings. The normalized spacial score (nSPS) is 18.1. The maximum Gasteiger partial charge on any atom is 0.0948 e. The first-order chi connectivity index (χ1) is 9.83. The summed E-state index contributed by atoms with van der Waals surface area (Å²) in [5.41, 5.74) is 8.58. The lowest BCUT2D eigenvalue weighted by atomic mass is 9.90. The van der Waals surface area contributed by atoms with Gasteiger partial charge in [-0.1, -0.05) is 30.3 Å². The van der Waals surface area contributed by atoms with Crippen LogP contribution in [0.1, 0.15) is 17.8 Å². The molecule has 0 amide bonds. The Kier molecular flexibility index (Phi) is 4.45. The minimum absolute atomic E-state index is 0.202. The molecule has 2 heterocycles. The molecule has 2 aromatic rings. The van der Waals surface area contributed by atoms with Crippen molar-refractivity contribution in [3.8, 4) is 11.3 Å². The van der Waals surface area contributed by atoms with Crippen molar-refractivity contribution < 1.29 is 4.74 Å². The summed E-state index contributed by atoms with van der Waals surface area (Å²) in [5.74, 6) is 0.577. The van der Waals surface area contributed by atoms with E-state index in [4.69, 9.17) is 15.5 Å². The first-order valence-corrected chi connectivity index (χ1v) is 8.04. The van der Waals surface area contributed by atoms with Crippen LogP contribution in [-0.4, -0.2) is 24.2 Å². The standard InChI is InChI=1S/C16H20N2OS/c17-14(12-6-8-19-9-7-12)10-16-18-15(11-20-16)13-4-2-1-3-5-13/h1-5,11-12,14H,6-10,17H2. The van der Waals surface area contributed by atoms with E-state index in [1.807, 2.05) is 18.2 Å². The van der Waals surface area contributed by atoms with Gasteiger partial charge in [-0.2, -0.15) is 0 Å². The van der Waals surface area contributed by atoms with E-state index in [-0.39, 0.29) is 6.04 Å². The van der Waals surface area contributed by atoms with Gasteiger partial charge < -0.3 is 10.5 Å². The summed E-state index contributed by atoms with van der Waals surface area (Å²) in [6.07, 6.45) is 3.04. The molecule has 0 aliphatic carbocycles. The number of hydrogen-bond donors (Lipinski definition) is 1. The highest BCUT2D eigenvalue weighted by Crippen LogP contribution is 2.25. The van der Waals surface area contributed by atoms with Gasteiger partial charge in [-0.15, -0.1) is 11.3 Å². The summed E-state index contributed by atoms with van der Waals surface area (Å²) in [6.45, 7) is 1.71. The summed E-state index contributed by atoms with van der Waals surface area (Å²) >= 11 is 1.71. The highest BCUT2D eigenvalue weighted by molar-refractivity contribution is 7.09. The molecular formula is C16H20N2OS. The Balaban J connectivity index is 1.65. The SMILES string of the molecule is NC(Cc1nc(-c2ccccc2)cs1)C1CCOCC1. The quantitative estimate of drug-likeness (QED) is 0.940. The molecule has 0 bridgehead atoms. The van der Waals surface area contributed by atoms with Gasteiger partial charge in [0.25, 0.3) is 0 Å². The predicted molar refractivity (Wildman–Crippen MR) is 82.8 cm³/mol. The van der Waals surface area contributed by atoms with Crippen LogP contribution < -0.4 is 5.73 Å². The van der Waals surface area contributed by atoms with Crippen LogP contribution in [0.25, 0.3) is 11.3 Å². The fourth-order valence-corrected chi connectivity index (χ4v) is 3.53. The Hall–Kier alpha value is -1.23. The van der Waals surface area contributed by atoms with Crippen molar-refractivity contribution in [2.24, 2.45) is 11.7 Å². The van der Waals surface area contributed by atoms with E-state index in [0.29, 0.717) is 5.92 Å². The van der Waals surface area contributed by atoms with Gasteiger partial charge in [-0.05, 0) is 18.8 Å². The van der Waals surface area contributed by atoms with Gasteiger partial charge in [0.2, 0.25) is 0 Å². The molecule has 1 aromatic heterocycles. The van der Waals surface area contributed by atoms with Crippen LogP contribution in [-0.2, 0) is 11.2 Å². The maximum atomic E-state index is 6.34. The molecule has 1 fully saturated rings. The molecule has 106 valence electrons. The number of aromatic nitrogens is 1. The van der Waals surface area contributed by atoms with Crippen LogP contribution >= 0.6 is 11.3 Å². The number of benzene rings is 1. The third-order valence-electron chi connectivity index (χ3n) is 3.90. The van der Waals surface area contributed by atoms with Crippen LogP contribution in [0.2, 0.25) is 0 Å². The minimum atomic E-state index is 0.202. The van der Waals surface area contributed by atoms with E-state index >= 15 is 0 Å². The Labute approximate surface area is 123 Å². The van der Waals surface area contributed by atoms with Crippen molar-refractivity contribution >= 4 is 11.3 Å². The predicted octanol–water partition coefficient (Wildman–Crippen LogP) is 3.11. The molecule has 2 N–H and O–H groups in total. The first-order valence-electron chi connectivity index (χ1n) is 7.16. The van der Waals surface area contributed by atoms with Gasteiger partial charge in [0.05, 0.1) is 10.7 Å². The summed E-state index contributed by atoms with van der Waals surface area (Å²) in [7, 11) is 0. The van der Waals surface area contributed by atoms with Crippen LogP contribution in [0.15, 0.2) is 35.7 Å². The zero-order valence-electron chi connectivity index (χ0n) is 11.5. The van der Waals surface area contributed by atoms with Crippen LogP contribution in [0, 0.1) is 5.92 Å². The zero-order valence-corrected chi connectivity index (χ0v) is 12.3. The van der Waals surface area contributed by atoms with E-state index < -0.39 is 0 Å². The molecule has 1 atom stereocenters. The second kappa shape index (κ2) is 6.48. The Morgan fingerprint density at radius 1 is 1.25 bits per heavy atom. The number of rotatable bonds is 4. The number of hydrogen-bond acceptors (Lipinski definition) is 4. The maximum absolute atomic E-state index is 6.34. The van der Waals surface area contributed by atoms with E-state index in [0.717, 1.165) is 43.2 Å². The van der Waals surface area contributed by atoms with Crippen LogP contribution in [0.3, 0.4) is 0 Å². The Morgan fingerprint density at radius 3 is 2.75 bits per heavy atom. The number of nitrogens with two attached hydrogens (primary N) is 1. The largest absolute Gasteiger partial charge is 0.381 e. The van der Waals surface area contributed by atoms with E-state index in [9.17, 15) is 0 Å². The second-order valence-electron chi connectivity index (χ2n) is 5.31. The number of nitrogens with zero attached hydrogens (tertiary/aromatic N) is 1. The van der Waals surface area contributed by atoms with Gasteiger partial charge in [0.15, 0.2) is 0 Å². The average molecular weight is 288 g/mol. The van der Waals surface area contributed by atoms with Crippen molar-refractivity contribution in [2.45, 2.75) is 25.3 Å². The van der Waals surface area contributed by atoms with Gasteiger partial charge in [0.1, 0.15) is 0 Å². The van der Waals surface area contributed by atoms with E-state index in [1.54, 1.807) is 11.3 Å². The molecule has 1 saturated heterocycles. The monoisotopic (exact) mass is 288 g/mol. The third kappa shape index (κ3) is 3.26. The lowest BCUT2D eigenvalue weighted by molar-refractivity contribution is 0.0585. The highest BCUT2D eigenvalue weighted by Gasteiger charge is 2.22. The lowest BCUT2D eigenvalue weighted by Crippen LogP contribution is -2.35. The van der Waals surface area contributed by atoms with Crippen LogP contribution in [0.4, 0.5) is 0 Å². The minimum Gasteiger partial charge on any atom is -0.381 e. The van der Waals surface area contributed by atoms with Gasteiger partial charge in [-0.25, -0.2) is 4.98 Å². The fourth-order valence-electron chi connectivity index (χ4n) is 2.66. The molecule has 1 aliphatic heterocycles. The van der Waals surface area contributed by atoms with Crippen molar-refractivity contribution in [3.63, 3.8) is 0 Å². The van der Waals surface area contributed by atoms with Crippen molar-refractivity contribution in [2.75, 3.05) is 13.2 Å². The van der Waals surface area contributed by atoms with Crippen molar-refractivity contribution in [1.82, 2.24) is 4.98 Å². The van der Waals surface area contributed by atoms with E-state index in [1.165, 1.54) is 5.56 Å². The van der Waals surface area contributed by atoms with Crippen molar-refractivity contribution in [1.29, 1.82) is 0 Å². The van der Waals surface area contributed by atoms with E-state index in [2.05, 4.69) is 17.5 Å². The molecule has 0 saturated carbocycles. The highest BCUT2D eigenvalue weighted by atomic mass is 32.1. The summed E-state index contributed by atoms with van der Waals surface area (Å²) < 4.78 is 5.39. The summed E-state index contributed by atoms with van der Waals surface area (Å²) in [4.78, 5) is 4.72. The molecule has 3 rings (SSSR count). The molecule has 0 spiro atoms. The zero-order chi connectivity index (χ0) is 13.8. The Morgan fingerprint density at radius 2 is 2.00 bits per heavy atom. The van der Waals surface area contributed by atoms with Gasteiger partial charge >= 0.3 is 0 Å². The molecule has 3 nitrogen and oxygen atoms in total. The third-order valence-corrected chi connectivity index (χ3v) is 4.77. The number of thiazole rings is 1. The average Bonchev–Trinajstić information content (AvgIpc) is 2.97. The lowest BCUT2D eigenvalue weighted by Gasteiger charge is -2.27. The van der Waals surface area contributed by atoms with Gasteiger partial charge in [-0.3, -0.25) is 0 Å². The summed E-state index contributed by atoms with van der Waals surface area (Å²) in [6, 6.07) is 10.5. The Bertz CT molecular complexity index is 534. The smallest absolute Gasteiger partial charge is 0.0948 e.